The van der Waals surface area contributed by atoms with Crippen molar-refractivity contribution in [2.24, 2.45) is 0 Å². The second-order valence-electron chi connectivity index (χ2n) is 5.22. The van der Waals surface area contributed by atoms with Gasteiger partial charge in [0.1, 0.15) is 17.6 Å². The van der Waals surface area contributed by atoms with Crippen molar-refractivity contribution in [2.75, 3.05) is 0 Å². The molecule has 1 rings (SSSR count). The molecule has 0 aliphatic rings. The lowest BCUT2D eigenvalue weighted by Gasteiger charge is -2.27. The SMILES string of the molecule is CCC[C@H](NC(=O)C(C)(C)Oc1ccc(F)cc1)C(=O)O. The number of halogens is 1. The van der Waals surface area contributed by atoms with Crippen LogP contribution in [0.15, 0.2) is 24.3 Å². The fourth-order valence-corrected chi connectivity index (χ4v) is 1.72. The summed E-state index contributed by atoms with van der Waals surface area (Å²) in [5, 5.41) is 11.5. The molecule has 1 amide bonds. The summed E-state index contributed by atoms with van der Waals surface area (Å²) in [6.45, 7) is 4.88. The van der Waals surface area contributed by atoms with Crippen molar-refractivity contribution >= 4 is 11.9 Å². The van der Waals surface area contributed by atoms with E-state index in [-0.39, 0.29) is 0 Å². The van der Waals surface area contributed by atoms with E-state index in [2.05, 4.69) is 5.32 Å². The number of hydrogen-bond donors (Lipinski definition) is 2. The number of carboxylic acids is 1. The van der Waals surface area contributed by atoms with Gasteiger partial charge in [0.2, 0.25) is 0 Å². The number of aliphatic carboxylic acids is 1. The first-order valence-electron chi connectivity index (χ1n) is 6.74. The predicted octanol–water partition coefficient (Wildman–Crippen LogP) is 2.35. The standard InChI is InChI=1S/C15H20FNO4/c1-4-5-12(13(18)19)17-14(20)15(2,3)21-11-8-6-10(16)7-9-11/h6-9,12H,4-5H2,1-3H3,(H,17,20)(H,18,19)/t12-/m0/s1. The van der Waals surface area contributed by atoms with Crippen molar-refractivity contribution in [1.82, 2.24) is 5.32 Å². The molecule has 0 saturated carbocycles. The summed E-state index contributed by atoms with van der Waals surface area (Å²) < 4.78 is 18.3. The van der Waals surface area contributed by atoms with Crippen molar-refractivity contribution < 1.29 is 23.8 Å². The van der Waals surface area contributed by atoms with Gasteiger partial charge in [0.25, 0.3) is 5.91 Å². The monoisotopic (exact) mass is 297 g/mol. The number of hydrogen-bond acceptors (Lipinski definition) is 3. The highest BCUT2D eigenvalue weighted by atomic mass is 19.1. The molecule has 2 N–H and O–H groups in total. The number of carbonyl (C=O) groups excluding carboxylic acids is 1. The fraction of sp³-hybridized carbons (Fsp3) is 0.467. The summed E-state index contributed by atoms with van der Waals surface area (Å²) in [7, 11) is 0. The van der Waals surface area contributed by atoms with Crippen LogP contribution in [0.4, 0.5) is 4.39 Å². The van der Waals surface area contributed by atoms with Gasteiger partial charge in [0.05, 0.1) is 0 Å². The maximum absolute atomic E-state index is 12.8. The Bertz CT molecular complexity index is 499. The molecule has 116 valence electrons. The van der Waals surface area contributed by atoms with Gasteiger partial charge in [0, 0.05) is 0 Å². The lowest BCUT2D eigenvalue weighted by Crippen LogP contribution is -2.52. The topological polar surface area (TPSA) is 75.6 Å². The summed E-state index contributed by atoms with van der Waals surface area (Å²) in [5.41, 5.74) is -1.26. The molecule has 0 radical (unpaired) electrons. The third kappa shape index (κ3) is 5.06. The fourth-order valence-electron chi connectivity index (χ4n) is 1.72. The molecule has 21 heavy (non-hydrogen) atoms. The predicted molar refractivity (Wildman–Crippen MR) is 75.6 cm³/mol. The first-order valence-corrected chi connectivity index (χ1v) is 6.74. The number of benzene rings is 1. The van der Waals surface area contributed by atoms with Crippen LogP contribution in [0.1, 0.15) is 33.6 Å². The Kier molecular flexibility index (Phi) is 5.69. The largest absolute Gasteiger partial charge is 0.480 e. The highest BCUT2D eigenvalue weighted by Gasteiger charge is 2.33. The second-order valence-corrected chi connectivity index (χ2v) is 5.22. The number of ether oxygens (including phenoxy) is 1. The molecule has 0 fully saturated rings. The molecule has 1 aromatic carbocycles. The summed E-state index contributed by atoms with van der Waals surface area (Å²) in [4.78, 5) is 23.2. The number of nitrogens with one attached hydrogen (secondary N) is 1. The van der Waals surface area contributed by atoms with E-state index in [1.165, 1.54) is 38.1 Å². The zero-order chi connectivity index (χ0) is 16.0. The van der Waals surface area contributed by atoms with Gasteiger partial charge >= 0.3 is 5.97 Å². The molecule has 1 atom stereocenters. The van der Waals surface area contributed by atoms with Crippen LogP contribution < -0.4 is 10.1 Å². The molecule has 0 unspecified atom stereocenters. The summed E-state index contributed by atoms with van der Waals surface area (Å²) in [6.07, 6.45) is 0.976. The van der Waals surface area contributed by atoms with Crippen LogP contribution in [0.5, 0.6) is 5.75 Å². The summed E-state index contributed by atoms with van der Waals surface area (Å²) in [5.74, 6) is -1.69. The molecule has 0 bridgehead atoms. The van der Waals surface area contributed by atoms with Gasteiger partial charge in [0.15, 0.2) is 5.60 Å². The van der Waals surface area contributed by atoms with Crippen molar-refractivity contribution in [3.05, 3.63) is 30.1 Å². The van der Waals surface area contributed by atoms with Gasteiger partial charge in [-0.05, 0) is 44.5 Å². The molecule has 0 spiro atoms. The molecule has 0 aliphatic heterocycles. The Hall–Kier alpha value is -2.11. The Labute approximate surface area is 123 Å². The first-order chi connectivity index (χ1) is 9.76. The second kappa shape index (κ2) is 7.06. The average Bonchev–Trinajstić information content (AvgIpc) is 2.40. The summed E-state index contributed by atoms with van der Waals surface area (Å²) in [6, 6.07) is 4.32. The van der Waals surface area contributed by atoms with E-state index < -0.39 is 29.3 Å². The normalized spacial score (nSPS) is 12.6. The third-order valence-electron chi connectivity index (χ3n) is 2.91. The minimum Gasteiger partial charge on any atom is -0.480 e. The van der Waals surface area contributed by atoms with E-state index in [1.807, 2.05) is 6.92 Å². The molecule has 6 heteroatoms. The maximum Gasteiger partial charge on any atom is 0.326 e. The molecule has 0 heterocycles. The van der Waals surface area contributed by atoms with Gasteiger partial charge < -0.3 is 15.2 Å². The highest BCUT2D eigenvalue weighted by Crippen LogP contribution is 2.19. The van der Waals surface area contributed by atoms with Gasteiger partial charge in [-0.15, -0.1) is 0 Å². The molecule has 0 aliphatic carbocycles. The minimum atomic E-state index is -1.26. The van der Waals surface area contributed by atoms with Gasteiger partial charge in [-0.1, -0.05) is 13.3 Å². The highest BCUT2D eigenvalue weighted by molar-refractivity contribution is 5.88. The number of rotatable bonds is 7. The van der Waals surface area contributed by atoms with E-state index in [0.717, 1.165) is 0 Å². The van der Waals surface area contributed by atoms with Crippen molar-refractivity contribution in [3.63, 3.8) is 0 Å². The van der Waals surface area contributed by atoms with Gasteiger partial charge in [-0.3, -0.25) is 4.79 Å². The van der Waals surface area contributed by atoms with Crippen LogP contribution in [0, 0.1) is 5.82 Å². The van der Waals surface area contributed by atoms with E-state index in [9.17, 15) is 14.0 Å². The Morgan fingerprint density at radius 3 is 2.38 bits per heavy atom. The number of carboxylic acid groups (broad SMARTS) is 1. The third-order valence-corrected chi connectivity index (χ3v) is 2.91. The van der Waals surface area contributed by atoms with E-state index in [4.69, 9.17) is 9.84 Å². The Morgan fingerprint density at radius 2 is 1.90 bits per heavy atom. The zero-order valence-electron chi connectivity index (χ0n) is 12.4. The van der Waals surface area contributed by atoms with Crippen LogP contribution >= 0.6 is 0 Å². The first kappa shape index (κ1) is 16.9. The lowest BCUT2D eigenvalue weighted by atomic mass is 10.1. The van der Waals surface area contributed by atoms with Gasteiger partial charge in [-0.25, -0.2) is 9.18 Å². The number of carbonyl (C=O) groups is 2. The molecule has 1 aromatic rings. The van der Waals surface area contributed by atoms with E-state index in [1.54, 1.807) is 0 Å². The van der Waals surface area contributed by atoms with E-state index >= 15 is 0 Å². The molecular formula is C15H20FNO4. The zero-order valence-corrected chi connectivity index (χ0v) is 12.4. The maximum atomic E-state index is 12.8. The van der Waals surface area contributed by atoms with Crippen LogP contribution in [0.3, 0.4) is 0 Å². The molecule has 0 aromatic heterocycles. The molecule has 0 saturated heterocycles. The van der Waals surface area contributed by atoms with Crippen molar-refractivity contribution in [2.45, 2.75) is 45.3 Å². The van der Waals surface area contributed by atoms with Crippen LogP contribution in [0.25, 0.3) is 0 Å². The Morgan fingerprint density at radius 1 is 1.33 bits per heavy atom. The van der Waals surface area contributed by atoms with Gasteiger partial charge in [-0.2, -0.15) is 0 Å². The van der Waals surface area contributed by atoms with Crippen LogP contribution in [0.2, 0.25) is 0 Å². The lowest BCUT2D eigenvalue weighted by molar-refractivity contribution is -0.145. The van der Waals surface area contributed by atoms with Crippen molar-refractivity contribution in [3.8, 4) is 5.75 Å². The van der Waals surface area contributed by atoms with Crippen molar-refractivity contribution in [1.29, 1.82) is 0 Å². The average molecular weight is 297 g/mol. The molecular weight excluding hydrogens is 277 g/mol. The van der Waals surface area contributed by atoms with E-state index in [0.29, 0.717) is 18.6 Å². The minimum absolute atomic E-state index is 0.332. The molecule has 5 nitrogen and oxygen atoms in total. The quantitative estimate of drug-likeness (QED) is 0.810. The van der Waals surface area contributed by atoms with Crippen LogP contribution in [-0.2, 0) is 9.59 Å². The smallest absolute Gasteiger partial charge is 0.326 e. The van der Waals surface area contributed by atoms with Crippen LogP contribution in [-0.4, -0.2) is 28.6 Å². The number of amides is 1. The summed E-state index contributed by atoms with van der Waals surface area (Å²) >= 11 is 0. The Balaban J connectivity index is 2.74.